The summed E-state index contributed by atoms with van der Waals surface area (Å²) >= 11 is 6.26. The van der Waals surface area contributed by atoms with Crippen LogP contribution in [0.25, 0.3) is 0 Å². The Labute approximate surface area is 143 Å². The molecule has 0 aliphatic carbocycles. The highest BCUT2D eigenvalue weighted by molar-refractivity contribution is 6.31. The largest absolute Gasteiger partial charge is 0.349 e. The number of amides is 1. The molecule has 0 saturated heterocycles. The van der Waals surface area contributed by atoms with Crippen LogP contribution in [-0.2, 0) is 6.42 Å². The zero-order chi connectivity index (χ0) is 16.7. The number of halogens is 1. The van der Waals surface area contributed by atoms with Gasteiger partial charge in [0.25, 0.3) is 5.91 Å². The van der Waals surface area contributed by atoms with Gasteiger partial charge in [-0.05, 0) is 57.2 Å². The molecule has 122 valence electrons. The fourth-order valence-electron chi connectivity index (χ4n) is 2.43. The molecule has 0 saturated carbocycles. The van der Waals surface area contributed by atoms with Crippen LogP contribution in [0.5, 0.6) is 0 Å². The molecule has 0 spiro atoms. The Kier molecular flexibility index (Phi) is 6.63. The SMILES string of the molecule is CN(C)CCC(Cc1ccccc1Cl)NC(=O)c1ccccc1. The molecule has 0 aromatic heterocycles. The van der Waals surface area contributed by atoms with E-state index >= 15 is 0 Å². The summed E-state index contributed by atoms with van der Waals surface area (Å²) in [6, 6.07) is 17.1. The summed E-state index contributed by atoms with van der Waals surface area (Å²) in [6.07, 6.45) is 1.60. The van der Waals surface area contributed by atoms with Gasteiger partial charge in [-0.25, -0.2) is 0 Å². The van der Waals surface area contributed by atoms with E-state index in [0.29, 0.717) is 5.56 Å². The number of hydrogen-bond acceptors (Lipinski definition) is 2. The van der Waals surface area contributed by atoms with Crippen molar-refractivity contribution in [2.24, 2.45) is 0 Å². The first-order valence-corrected chi connectivity index (χ1v) is 8.18. The molecule has 2 aromatic rings. The predicted molar refractivity (Wildman–Crippen MR) is 96.0 cm³/mol. The van der Waals surface area contributed by atoms with Crippen molar-refractivity contribution in [3.8, 4) is 0 Å². The maximum absolute atomic E-state index is 12.4. The first kappa shape index (κ1) is 17.5. The summed E-state index contributed by atoms with van der Waals surface area (Å²) in [7, 11) is 4.07. The van der Waals surface area contributed by atoms with Gasteiger partial charge in [-0.15, -0.1) is 0 Å². The summed E-state index contributed by atoms with van der Waals surface area (Å²) in [6.45, 7) is 0.907. The molecule has 2 rings (SSSR count). The van der Waals surface area contributed by atoms with Gasteiger partial charge in [0, 0.05) is 16.6 Å². The predicted octanol–water partition coefficient (Wildman–Crippen LogP) is 3.63. The second-order valence-corrected chi connectivity index (χ2v) is 6.33. The Bertz CT molecular complexity index is 628. The molecule has 1 atom stereocenters. The summed E-state index contributed by atoms with van der Waals surface area (Å²) in [5.74, 6) is -0.0404. The summed E-state index contributed by atoms with van der Waals surface area (Å²) in [5, 5.41) is 3.89. The Morgan fingerprint density at radius 1 is 1.09 bits per heavy atom. The fourth-order valence-corrected chi connectivity index (χ4v) is 2.64. The molecule has 0 heterocycles. The standard InChI is InChI=1S/C19H23ClN2O/c1-22(2)13-12-17(14-16-10-6-7-11-18(16)20)21-19(23)15-8-4-3-5-9-15/h3-11,17H,12-14H2,1-2H3,(H,21,23). The minimum Gasteiger partial charge on any atom is -0.349 e. The van der Waals surface area contributed by atoms with Gasteiger partial charge in [-0.1, -0.05) is 48.0 Å². The van der Waals surface area contributed by atoms with E-state index in [9.17, 15) is 4.79 Å². The minimum atomic E-state index is -0.0404. The van der Waals surface area contributed by atoms with E-state index in [-0.39, 0.29) is 11.9 Å². The number of carbonyl (C=O) groups excluding carboxylic acids is 1. The third-order valence-electron chi connectivity index (χ3n) is 3.72. The highest BCUT2D eigenvalue weighted by Gasteiger charge is 2.16. The Balaban J connectivity index is 2.07. The first-order valence-electron chi connectivity index (χ1n) is 7.80. The molecule has 1 unspecified atom stereocenters. The third kappa shape index (κ3) is 5.70. The molecular formula is C19H23ClN2O. The van der Waals surface area contributed by atoms with Crippen LogP contribution in [0.3, 0.4) is 0 Å². The normalized spacial score (nSPS) is 12.2. The van der Waals surface area contributed by atoms with E-state index in [1.54, 1.807) is 0 Å². The van der Waals surface area contributed by atoms with E-state index in [0.717, 1.165) is 30.0 Å². The lowest BCUT2D eigenvalue weighted by Crippen LogP contribution is -2.38. The number of carbonyl (C=O) groups is 1. The van der Waals surface area contributed by atoms with Crippen molar-refractivity contribution >= 4 is 17.5 Å². The molecule has 1 N–H and O–H groups in total. The monoisotopic (exact) mass is 330 g/mol. The Morgan fingerprint density at radius 2 is 1.74 bits per heavy atom. The Morgan fingerprint density at radius 3 is 2.39 bits per heavy atom. The molecule has 3 nitrogen and oxygen atoms in total. The lowest BCUT2D eigenvalue weighted by Gasteiger charge is -2.21. The van der Waals surface area contributed by atoms with Crippen molar-refractivity contribution in [3.05, 3.63) is 70.7 Å². The minimum absolute atomic E-state index is 0.0404. The maximum Gasteiger partial charge on any atom is 0.251 e. The molecule has 2 aromatic carbocycles. The second kappa shape index (κ2) is 8.70. The zero-order valence-electron chi connectivity index (χ0n) is 13.6. The summed E-state index contributed by atoms with van der Waals surface area (Å²) < 4.78 is 0. The molecule has 1 amide bonds. The van der Waals surface area contributed by atoms with Gasteiger partial charge in [-0.2, -0.15) is 0 Å². The van der Waals surface area contributed by atoms with Crippen LogP contribution in [0.4, 0.5) is 0 Å². The van der Waals surface area contributed by atoms with Crippen molar-refractivity contribution in [2.75, 3.05) is 20.6 Å². The summed E-state index contributed by atoms with van der Waals surface area (Å²) in [4.78, 5) is 14.5. The zero-order valence-corrected chi connectivity index (χ0v) is 14.4. The van der Waals surface area contributed by atoms with E-state index in [2.05, 4.69) is 10.2 Å². The summed E-state index contributed by atoms with van der Waals surface area (Å²) in [5.41, 5.74) is 1.74. The molecule has 0 radical (unpaired) electrons. The quantitative estimate of drug-likeness (QED) is 0.840. The molecule has 0 fully saturated rings. The highest BCUT2D eigenvalue weighted by atomic mass is 35.5. The molecule has 0 bridgehead atoms. The average Bonchev–Trinajstić information content (AvgIpc) is 2.55. The van der Waals surface area contributed by atoms with Crippen LogP contribution in [0.15, 0.2) is 54.6 Å². The van der Waals surface area contributed by atoms with E-state index in [1.165, 1.54) is 0 Å². The molecule has 0 aliphatic rings. The van der Waals surface area contributed by atoms with Crippen LogP contribution in [0.2, 0.25) is 5.02 Å². The number of hydrogen-bond donors (Lipinski definition) is 1. The van der Waals surface area contributed by atoms with Crippen LogP contribution in [0.1, 0.15) is 22.3 Å². The highest BCUT2D eigenvalue weighted by Crippen LogP contribution is 2.18. The maximum atomic E-state index is 12.4. The van der Waals surface area contributed by atoms with E-state index in [1.807, 2.05) is 68.7 Å². The van der Waals surface area contributed by atoms with Gasteiger partial charge < -0.3 is 10.2 Å². The molecular weight excluding hydrogens is 308 g/mol. The second-order valence-electron chi connectivity index (χ2n) is 5.92. The lowest BCUT2D eigenvalue weighted by molar-refractivity contribution is 0.0933. The fraction of sp³-hybridized carbons (Fsp3) is 0.316. The van der Waals surface area contributed by atoms with Gasteiger partial charge in [0.15, 0.2) is 0 Å². The molecule has 4 heteroatoms. The van der Waals surface area contributed by atoms with Crippen molar-refractivity contribution in [1.82, 2.24) is 10.2 Å². The number of rotatable bonds is 7. The van der Waals surface area contributed by atoms with E-state index < -0.39 is 0 Å². The number of nitrogens with zero attached hydrogens (tertiary/aromatic N) is 1. The number of nitrogens with one attached hydrogen (secondary N) is 1. The van der Waals surface area contributed by atoms with Gasteiger partial charge in [0.1, 0.15) is 0 Å². The molecule has 0 aliphatic heterocycles. The lowest BCUT2D eigenvalue weighted by atomic mass is 10.0. The van der Waals surface area contributed by atoms with Crippen molar-refractivity contribution in [3.63, 3.8) is 0 Å². The topological polar surface area (TPSA) is 32.3 Å². The number of benzene rings is 2. The van der Waals surface area contributed by atoms with Crippen molar-refractivity contribution < 1.29 is 4.79 Å². The third-order valence-corrected chi connectivity index (χ3v) is 4.09. The van der Waals surface area contributed by atoms with Gasteiger partial charge in [0.2, 0.25) is 0 Å². The van der Waals surface area contributed by atoms with Crippen molar-refractivity contribution in [1.29, 1.82) is 0 Å². The first-order chi connectivity index (χ1) is 11.1. The average molecular weight is 331 g/mol. The Hall–Kier alpha value is -1.84. The molecule has 23 heavy (non-hydrogen) atoms. The van der Waals surface area contributed by atoms with Crippen LogP contribution < -0.4 is 5.32 Å². The van der Waals surface area contributed by atoms with Crippen LogP contribution >= 0.6 is 11.6 Å². The van der Waals surface area contributed by atoms with Crippen LogP contribution in [-0.4, -0.2) is 37.5 Å². The van der Waals surface area contributed by atoms with E-state index in [4.69, 9.17) is 11.6 Å². The van der Waals surface area contributed by atoms with Gasteiger partial charge in [0.05, 0.1) is 0 Å². The van der Waals surface area contributed by atoms with Gasteiger partial charge in [-0.3, -0.25) is 4.79 Å². The van der Waals surface area contributed by atoms with Crippen molar-refractivity contribution in [2.45, 2.75) is 18.9 Å². The van der Waals surface area contributed by atoms with Gasteiger partial charge >= 0.3 is 0 Å². The smallest absolute Gasteiger partial charge is 0.251 e. The van der Waals surface area contributed by atoms with Crippen LogP contribution in [0, 0.1) is 0 Å².